The number of hydrogen-bond donors (Lipinski definition) is 3. The van der Waals surface area contributed by atoms with E-state index in [9.17, 15) is 14.4 Å². The molecule has 8 heteroatoms. The fourth-order valence-corrected chi connectivity index (χ4v) is 3.11. The molecule has 1 aromatic carbocycles. The molecule has 142 valence electrons. The minimum Gasteiger partial charge on any atom is -0.350 e. The van der Waals surface area contributed by atoms with Crippen LogP contribution >= 0.6 is 0 Å². The molecule has 2 heterocycles. The number of fused-ring (bicyclic) bond motifs is 3. The summed E-state index contributed by atoms with van der Waals surface area (Å²) < 4.78 is 1.65. The predicted octanol–water partition coefficient (Wildman–Crippen LogP) is 1.34. The summed E-state index contributed by atoms with van der Waals surface area (Å²) in [6.45, 7) is 5.57. The molecule has 0 radical (unpaired) electrons. The van der Waals surface area contributed by atoms with E-state index in [1.165, 1.54) is 6.92 Å². The Morgan fingerprint density at radius 2 is 2.00 bits per heavy atom. The van der Waals surface area contributed by atoms with Crippen molar-refractivity contribution in [2.24, 2.45) is 5.92 Å². The SMILES string of the molecule is CC(=O)NC(CC(C)C)C(=O)NCc1cnn2c1[nH]c(=O)c1ccccc12. The Labute approximate surface area is 156 Å². The van der Waals surface area contributed by atoms with Crippen LogP contribution < -0.4 is 16.2 Å². The van der Waals surface area contributed by atoms with Crippen molar-refractivity contribution < 1.29 is 9.59 Å². The highest BCUT2D eigenvalue weighted by Crippen LogP contribution is 2.14. The highest BCUT2D eigenvalue weighted by Gasteiger charge is 2.21. The molecule has 3 N–H and O–H groups in total. The van der Waals surface area contributed by atoms with Gasteiger partial charge in [-0.2, -0.15) is 5.10 Å². The molecular weight excluding hydrogens is 346 g/mol. The molecule has 0 fully saturated rings. The summed E-state index contributed by atoms with van der Waals surface area (Å²) in [4.78, 5) is 39.0. The molecule has 8 nitrogen and oxygen atoms in total. The summed E-state index contributed by atoms with van der Waals surface area (Å²) in [5.74, 6) is -0.253. The number of benzene rings is 1. The van der Waals surface area contributed by atoms with E-state index in [0.717, 1.165) is 0 Å². The van der Waals surface area contributed by atoms with Crippen molar-refractivity contribution in [3.05, 3.63) is 46.4 Å². The van der Waals surface area contributed by atoms with Crippen molar-refractivity contribution in [2.45, 2.75) is 39.8 Å². The smallest absolute Gasteiger partial charge is 0.259 e. The third-order valence-electron chi connectivity index (χ3n) is 4.31. The van der Waals surface area contributed by atoms with E-state index in [2.05, 4.69) is 20.7 Å². The third kappa shape index (κ3) is 3.99. The van der Waals surface area contributed by atoms with Gasteiger partial charge in [0.05, 0.1) is 17.1 Å². The van der Waals surface area contributed by atoms with Gasteiger partial charge in [0.15, 0.2) is 0 Å². The van der Waals surface area contributed by atoms with E-state index in [1.54, 1.807) is 22.8 Å². The Hall–Kier alpha value is -3.16. The molecule has 3 rings (SSSR count). The number of aromatic nitrogens is 3. The zero-order valence-electron chi connectivity index (χ0n) is 15.6. The molecule has 0 spiro atoms. The fourth-order valence-electron chi connectivity index (χ4n) is 3.11. The molecule has 1 atom stereocenters. The van der Waals surface area contributed by atoms with Crippen LogP contribution in [0.2, 0.25) is 0 Å². The van der Waals surface area contributed by atoms with Gasteiger partial charge in [0.25, 0.3) is 5.56 Å². The Balaban J connectivity index is 1.83. The summed E-state index contributed by atoms with van der Waals surface area (Å²) >= 11 is 0. The molecule has 0 aliphatic carbocycles. The number of para-hydroxylation sites is 1. The molecular formula is C19H23N5O3. The van der Waals surface area contributed by atoms with Crippen LogP contribution in [0, 0.1) is 5.92 Å². The van der Waals surface area contributed by atoms with Crippen LogP contribution in [0.5, 0.6) is 0 Å². The van der Waals surface area contributed by atoms with Gasteiger partial charge in [0, 0.05) is 19.0 Å². The first-order valence-electron chi connectivity index (χ1n) is 8.89. The number of H-pyrrole nitrogens is 1. The molecule has 0 aliphatic heterocycles. The Kier molecular flexibility index (Phi) is 5.25. The van der Waals surface area contributed by atoms with E-state index in [-0.39, 0.29) is 29.8 Å². The van der Waals surface area contributed by atoms with Crippen molar-refractivity contribution in [2.75, 3.05) is 0 Å². The maximum atomic E-state index is 12.5. The lowest BCUT2D eigenvalue weighted by Crippen LogP contribution is -2.46. The number of nitrogens with zero attached hydrogens (tertiary/aromatic N) is 2. The van der Waals surface area contributed by atoms with Gasteiger partial charge in [-0.1, -0.05) is 26.0 Å². The monoisotopic (exact) mass is 369 g/mol. The number of carbonyl (C=O) groups excluding carboxylic acids is 2. The van der Waals surface area contributed by atoms with Crippen molar-refractivity contribution in [3.63, 3.8) is 0 Å². The second-order valence-electron chi connectivity index (χ2n) is 7.00. The summed E-state index contributed by atoms with van der Waals surface area (Å²) in [5.41, 5.74) is 1.73. The lowest BCUT2D eigenvalue weighted by Gasteiger charge is -2.19. The molecule has 0 saturated heterocycles. The maximum absolute atomic E-state index is 12.5. The van der Waals surface area contributed by atoms with E-state index in [4.69, 9.17) is 0 Å². The largest absolute Gasteiger partial charge is 0.350 e. The first kappa shape index (κ1) is 18.6. The summed E-state index contributed by atoms with van der Waals surface area (Å²) in [7, 11) is 0. The lowest BCUT2D eigenvalue weighted by atomic mass is 10.0. The highest BCUT2D eigenvalue weighted by molar-refractivity contribution is 5.87. The Morgan fingerprint density at radius 3 is 2.70 bits per heavy atom. The number of aromatic amines is 1. The normalized spacial score (nSPS) is 12.4. The summed E-state index contributed by atoms with van der Waals surface area (Å²) in [6, 6.07) is 6.60. The van der Waals surface area contributed by atoms with Gasteiger partial charge in [-0.3, -0.25) is 14.4 Å². The second-order valence-corrected chi connectivity index (χ2v) is 7.00. The van der Waals surface area contributed by atoms with Crippen LogP contribution in [-0.2, 0) is 16.1 Å². The molecule has 2 aromatic heterocycles. The van der Waals surface area contributed by atoms with Gasteiger partial charge < -0.3 is 15.6 Å². The number of amides is 2. The summed E-state index contributed by atoms with van der Waals surface area (Å²) in [5, 5.41) is 10.4. The first-order chi connectivity index (χ1) is 12.9. The zero-order valence-corrected chi connectivity index (χ0v) is 15.6. The summed E-state index contributed by atoms with van der Waals surface area (Å²) in [6.07, 6.45) is 2.16. The van der Waals surface area contributed by atoms with E-state index >= 15 is 0 Å². The Bertz CT molecular complexity index is 1050. The molecule has 2 amide bonds. The number of hydrogen-bond acceptors (Lipinski definition) is 4. The van der Waals surface area contributed by atoms with Crippen LogP contribution in [0.1, 0.15) is 32.8 Å². The van der Waals surface area contributed by atoms with E-state index < -0.39 is 6.04 Å². The minimum atomic E-state index is -0.593. The number of carbonyl (C=O) groups is 2. The molecule has 3 aromatic rings. The maximum Gasteiger partial charge on any atom is 0.259 e. The minimum absolute atomic E-state index is 0.199. The molecule has 0 saturated carbocycles. The predicted molar refractivity (Wildman–Crippen MR) is 102 cm³/mol. The highest BCUT2D eigenvalue weighted by atomic mass is 16.2. The molecule has 1 unspecified atom stereocenters. The van der Waals surface area contributed by atoms with Gasteiger partial charge in [0.2, 0.25) is 11.8 Å². The van der Waals surface area contributed by atoms with Crippen LogP contribution in [0.3, 0.4) is 0 Å². The average molecular weight is 369 g/mol. The van der Waals surface area contributed by atoms with Gasteiger partial charge in [-0.15, -0.1) is 0 Å². The lowest BCUT2D eigenvalue weighted by molar-refractivity contribution is -0.128. The Morgan fingerprint density at radius 1 is 1.26 bits per heavy atom. The van der Waals surface area contributed by atoms with Gasteiger partial charge in [-0.25, -0.2) is 4.52 Å². The molecule has 27 heavy (non-hydrogen) atoms. The van der Waals surface area contributed by atoms with Crippen LogP contribution in [-0.4, -0.2) is 32.5 Å². The molecule has 0 bridgehead atoms. The van der Waals surface area contributed by atoms with Crippen molar-refractivity contribution in [3.8, 4) is 0 Å². The van der Waals surface area contributed by atoms with Crippen LogP contribution in [0.4, 0.5) is 0 Å². The van der Waals surface area contributed by atoms with E-state index in [0.29, 0.717) is 28.5 Å². The van der Waals surface area contributed by atoms with Crippen molar-refractivity contribution in [1.29, 1.82) is 0 Å². The first-order valence-corrected chi connectivity index (χ1v) is 8.89. The van der Waals surface area contributed by atoms with Gasteiger partial charge in [0.1, 0.15) is 11.7 Å². The second kappa shape index (κ2) is 7.61. The quantitative estimate of drug-likeness (QED) is 0.609. The van der Waals surface area contributed by atoms with Crippen molar-refractivity contribution in [1.82, 2.24) is 25.2 Å². The number of rotatable bonds is 6. The average Bonchev–Trinajstić information content (AvgIpc) is 3.01. The van der Waals surface area contributed by atoms with E-state index in [1.807, 2.05) is 26.0 Å². The van der Waals surface area contributed by atoms with Crippen LogP contribution in [0.15, 0.2) is 35.3 Å². The van der Waals surface area contributed by atoms with Crippen LogP contribution in [0.25, 0.3) is 16.6 Å². The topological polar surface area (TPSA) is 108 Å². The zero-order chi connectivity index (χ0) is 19.6. The van der Waals surface area contributed by atoms with Gasteiger partial charge >= 0.3 is 0 Å². The van der Waals surface area contributed by atoms with Crippen molar-refractivity contribution >= 4 is 28.4 Å². The van der Waals surface area contributed by atoms with Gasteiger partial charge in [-0.05, 0) is 24.5 Å². The fraction of sp³-hybridized carbons (Fsp3) is 0.368. The molecule has 0 aliphatic rings. The third-order valence-corrected chi connectivity index (χ3v) is 4.31. The number of nitrogens with one attached hydrogen (secondary N) is 3. The standard InChI is InChI=1S/C19H23N5O3/c1-11(2)8-15(22-12(3)25)19(27)20-9-13-10-21-24-16-7-5-4-6-14(16)18(26)23-17(13)24/h4-7,10-11,15H,8-9H2,1-3H3,(H,20,27)(H,22,25)(H,23,26).